The van der Waals surface area contributed by atoms with Crippen LogP contribution in [-0.2, 0) is 14.3 Å². The van der Waals surface area contributed by atoms with Gasteiger partial charge in [0.25, 0.3) is 0 Å². The summed E-state index contributed by atoms with van der Waals surface area (Å²) in [6, 6.07) is 0. The Morgan fingerprint density at radius 3 is 2.64 bits per heavy atom. The van der Waals surface area contributed by atoms with Crippen LogP contribution in [0.4, 0.5) is 0 Å². The van der Waals surface area contributed by atoms with Gasteiger partial charge in [-0.2, -0.15) is 0 Å². The van der Waals surface area contributed by atoms with Crippen LogP contribution < -0.4 is 0 Å². The Hall–Kier alpha value is -0.610. The summed E-state index contributed by atoms with van der Waals surface area (Å²) in [5, 5.41) is 0. The average molecular weight is 349 g/mol. The minimum atomic E-state index is -0.304. The van der Waals surface area contributed by atoms with Crippen molar-refractivity contribution >= 4 is 5.97 Å². The molecule has 0 unspecified atom stereocenters. The Bertz CT molecular complexity index is 586. The number of quaternary nitrogens is 1. The Labute approximate surface area is 151 Å². The Morgan fingerprint density at radius 1 is 1.12 bits per heavy atom. The van der Waals surface area contributed by atoms with Crippen molar-refractivity contribution < 1.29 is 18.8 Å². The molecule has 5 aliphatic rings. The highest BCUT2D eigenvalue weighted by Gasteiger charge is 2.77. The van der Waals surface area contributed by atoms with Crippen LogP contribution in [-0.4, -0.2) is 54.4 Å². The van der Waals surface area contributed by atoms with E-state index in [-0.39, 0.29) is 29.2 Å². The molecule has 1 spiro atoms. The summed E-state index contributed by atoms with van der Waals surface area (Å²) in [4.78, 5) is 13.1. The van der Waals surface area contributed by atoms with Gasteiger partial charge in [-0.1, -0.05) is 6.92 Å². The van der Waals surface area contributed by atoms with Crippen LogP contribution in [0.5, 0.6) is 0 Å². The lowest BCUT2D eigenvalue weighted by atomic mass is 9.55. The van der Waals surface area contributed by atoms with Gasteiger partial charge in [0, 0.05) is 11.8 Å². The number of piperidine rings is 1. The molecule has 0 bridgehead atoms. The summed E-state index contributed by atoms with van der Waals surface area (Å²) in [5.41, 5.74) is -0.327. The van der Waals surface area contributed by atoms with Gasteiger partial charge in [-0.15, -0.1) is 0 Å². The van der Waals surface area contributed by atoms with Crippen molar-refractivity contribution in [2.75, 3.05) is 26.7 Å². The molecule has 0 aromatic carbocycles. The highest BCUT2D eigenvalue weighted by atomic mass is 16.7. The third-order valence-corrected chi connectivity index (χ3v) is 8.62. The zero-order valence-corrected chi connectivity index (χ0v) is 16.1. The van der Waals surface area contributed by atoms with Crippen LogP contribution in [0.3, 0.4) is 0 Å². The summed E-state index contributed by atoms with van der Waals surface area (Å²) >= 11 is 0. The number of carbonyl (C=O) groups is 1. The van der Waals surface area contributed by atoms with Crippen LogP contribution >= 0.6 is 0 Å². The summed E-state index contributed by atoms with van der Waals surface area (Å²) in [6.07, 6.45) is 8.81. The van der Waals surface area contributed by atoms with Crippen molar-refractivity contribution in [1.82, 2.24) is 0 Å². The smallest absolute Gasteiger partial charge is 0.315 e. The first-order chi connectivity index (χ1) is 11.9. The van der Waals surface area contributed by atoms with E-state index in [1.54, 1.807) is 0 Å². The third kappa shape index (κ3) is 2.22. The standard InChI is InChI=1S/C21H34NO3/c1-14-7-8-17-15(13-22(3)11-5-4-6-12-22)18(23)24-21(17)16(14)9-10-20(2)19(21)25-20/h14-17,19H,4-13H2,1-3H3/q+1/t14-,15+,16-,17+,19+,20+,21+/m0/s1. The first-order valence-corrected chi connectivity index (χ1v) is 10.6. The molecule has 2 saturated carbocycles. The monoisotopic (exact) mass is 348 g/mol. The molecule has 4 heteroatoms. The molecule has 0 aromatic rings. The fraction of sp³-hybridized carbons (Fsp3) is 0.952. The zero-order chi connectivity index (χ0) is 17.4. The van der Waals surface area contributed by atoms with E-state index in [9.17, 15) is 4.79 Å². The van der Waals surface area contributed by atoms with Gasteiger partial charge in [-0.05, 0) is 57.8 Å². The predicted octanol–water partition coefficient (Wildman–Crippen LogP) is 3.14. The summed E-state index contributed by atoms with van der Waals surface area (Å²) in [6.45, 7) is 8.03. The molecule has 3 saturated heterocycles. The molecule has 0 N–H and O–H groups in total. The van der Waals surface area contributed by atoms with E-state index in [1.807, 2.05) is 0 Å². The Morgan fingerprint density at radius 2 is 1.88 bits per heavy atom. The lowest BCUT2D eigenvalue weighted by Gasteiger charge is -2.50. The molecule has 2 aliphatic carbocycles. The summed E-state index contributed by atoms with van der Waals surface area (Å²) in [5.74, 6) is 1.72. The van der Waals surface area contributed by atoms with Gasteiger partial charge in [-0.25, -0.2) is 0 Å². The molecule has 140 valence electrons. The average Bonchev–Trinajstić information content (AvgIpc) is 3.20. The molecule has 0 radical (unpaired) electrons. The van der Waals surface area contributed by atoms with Crippen molar-refractivity contribution in [3.8, 4) is 0 Å². The van der Waals surface area contributed by atoms with E-state index in [4.69, 9.17) is 9.47 Å². The minimum Gasteiger partial charge on any atom is -0.455 e. The van der Waals surface area contributed by atoms with Crippen LogP contribution in [0.25, 0.3) is 0 Å². The van der Waals surface area contributed by atoms with Gasteiger partial charge in [0.2, 0.25) is 0 Å². The van der Waals surface area contributed by atoms with Gasteiger partial charge in [0.15, 0.2) is 0 Å². The second-order valence-electron chi connectivity index (χ2n) is 10.3. The maximum Gasteiger partial charge on any atom is 0.315 e. The topological polar surface area (TPSA) is 38.8 Å². The van der Waals surface area contributed by atoms with Gasteiger partial charge >= 0.3 is 5.97 Å². The van der Waals surface area contributed by atoms with Crippen molar-refractivity contribution in [2.24, 2.45) is 23.7 Å². The molecule has 0 amide bonds. The number of fused-ring (bicyclic) bond motifs is 1. The Balaban J connectivity index is 1.47. The van der Waals surface area contributed by atoms with Gasteiger partial charge in [0.1, 0.15) is 17.6 Å². The Kier molecular flexibility index (Phi) is 3.46. The van der Waals surface area contributed by atoms with Crippen LogP contribution in [0.1, 0.15) is 58.8 Å². The number of likely N-dealkylation sites (tertiary alicyclic amines) is 1. The number of hydrogen-bond acceptors (Lipinski definition) is 3. The van der Waals surface area contributed by atoms with Crippen molar-refractivity contribution in [2.45, 2.75) is 76.1 Å². The molecule has 25 heavy (non-hydrogen) atoms. The fourth-order valence-corrected chi connectivity index (χ4v) is 7.19. The van der Waals surface area contributed by atoms with Crippen molar-refractivity contribution in [3.05, 3.63) is 0 Å². The van der Waals surface area contributed by atoms with Crippen LogP contribution in [0.15, 0.2) is 0 Å². The van der Waals surface area contributed by atoms with E-state index in [1.165, 1.54) is 38.8 Å². The molecule has 5 fully saturated rings. The summed E-state index contributed by atoms with van der Waals surface area (Å²) in [7, 11) is 2.36. The van der Waals surface area contributed by atoms with Crippen LogP contribution in [0.2, 0.25) is 0 Å². The van der Waals surface area contributed by atoms with E-state index >= 15 is 0 Å². The molecule has 7 atom stereocenters. The number of epoxide rings is 1. The maximum atomic E-state index is 13.1. The molecule has 3 aliphatic heterocycles. The first kappa shape index (κ1) is 16.6. The van der Waals surface area contributed by atoms with E-state index in [0.717, 1.165) is 30.3 Å². The normalized spacial score (nSPS) is 53.4. The van der Waals surface area contributed by atoms with Crippen molar-refractivity contribution in [1.29, 1.82) is 0 Å². The number of carbonyl (C=O) groups excluding carboxylic acids is 1. The van der Waals surface area contributed by atoms with E-state index in [2.05, 4.69) is 20.9 Å². The number of hydrogen-bond donors (Lipinski definition) is 0. The predicted molar refractivity (Wildman–Crippen MR) is 94.8 cm³/mol. The number of esters is 1. The van der Waals surface area contributed by atoms with E-state index in [0.29, 0.717) is 17.8 Å². The molecule has 5 rings (SSSR count). The third-order valence-electron chi connectivity index (χ3n) is 8.62. The quantitative estimate of drug-likeness (QED) is 0.437. The number of rotatable bonds is 2. The number of ether oxygens (including phenoxy) is 2. The largest absolute Gasteiger partial charge is 0.455 e. The highest BCUT2D eigenvalue weighted by Crippen LogP contribution is 2.66. The molecule has 4 nitrogen and oxygen atoms in total. The van der Waals surface area contributed by atoms with Crippen LogP contribution in [0, 0.1) is 23.7 Å². The SMILES string of the molecule is C[C@H]1CC[C@@H]2[C@@H](C[N+]3(C)CCCCC3)C(=O)O[C@]23[C@H]1CC[C@@]1(C)O[C@@H]31. The first-order valence-electron chi connectivity index (χ1n) is 10.6. The highest BCUT2D eigenvalue weighted by molar-refractivity contribution is 5.77. The van der Waals surface area contributed by atoms with Gasteiger partial charge in [-0.3, -0.25) is 4.79 Å². The minimum absolute atomic E-state index is 0.0232. The van der Waals surface area contributed by atoms with Crippen molar-refractivity contribution in [3.63, 3.8) is 0 Å². The summed E-state index contributed by atoms with van der Waals surface area (Å²) < 4.78 is 13.7. The second-order valence-corrected chi connectivity index (χ2v) is 10.3. The molecule has 3 heterocycles. The molecular weight excluding hydrogens is 314 g/mol. The lowest BCUT2D eigenvalue weighted by molar-refractivity contribution is -0.916. The zero-order valence-electron chi connectivity index (χ0n) is 16.1. The second kappa shape index (κ2) is 5.22. The molecular formula is C21H34NO3+. The van der Waals surface area contributed by atoms with Gasteiger partial charge in [0.05, 0.1) is 32.3 Å². The van der Waals surface area contributed by atoms with E-state index < -0.39 is 0 Å². The maximum absolute atomic E-state index is 13.1. The van der Waals surface area contributed by atoms with Gasteiger partial charge < -0.3 is 14.0 Å². The number of nitrogens with zero attached hydrogens (tertiary/aromatic N) is 1. The fourth-order valence-electron chi connectivity index (χ4n) is 7.19. The molecule has 0 aromatic heterocycles. The lowest BCUT2D eigenvalue weighted by Crippen LogP contribution is -2.59.